The Kier molecular flexibility index (Phi) is 4.82. The first-order valence-electron chi connectivity index (χ1n) is 5.99. The highest BCUT2D eigenvalue weighted by Gasteiger charge is 2.24. The van der Waals surface area contributed by atoms with Crippen molar-refractivity contribution < 1.29 is 14.3 Å². The third-order valence-electron chi connectivity index (χ3n) is 3.22. The summed E-state index contributed by atoms with van der Waals surface area (Å²) in [4.78, 5) is 12.0. The Balaban J connectivity index is 2.92. The lowest BCUT2D eigenvalue weighted by molar-refractivity contribution is 0.0587. The lowest BCUT2D eigenvalue weighted by Crippen LogP contribution is -2.29. The molecule has 0 aromatic heterocycles. The minimum atomic E-state index is -1.04. The van der Waals surface area contributed by atoms with E-state index in [0.717, 1.165) is 12.8 Å². The molecule has 1 rings (SSSR count). The van der Waals surface area contributed by atoms with E-state index < -0.39 is 17.7 Å². The van der Waals surface area contributed by atoms with Crippen LogP contribution in [-0.4, -0.2) is 17.0 Å². The summed E-state index contributed by atoms with van der Waals surface area (Å²) in [5.74, 6) is -0.864. The number of carbonyl (C=O) groups excluding carboxylic acids is 1. The second-order valence-corrected chi connectivity index (χ2v) is 4.35. The Labute approximate surface area is 101 Å². The predicted molar refractivity (Wildman–Crippen MR) is 65.5 cm³/mol. The fourth-order valence-corrected chi connectivity index (χ4v) is 1.87. The highest BCUT2D eigenvalue weighted by Crippen LogP contribution is 2.18. The third-order valence-corrected chi connectivity index (χ3v) is 3.22. The quantitative estimate of drug-likeness (QED) is 0.800. The molecule has 0 spiro atoms. The van der Waals surface area contributed by atoms with Crippen molar-refractivity contribution in [3.63, 3.8) is 0 Å². The van der Waals surface area contributed by atoms with Gasteiger partial charge >= 0.3 is 0 Å². The predicted octanol–water partition coefficient (Wildman–Crippen LogP) is 3.11. The van der Waals surface area contributed by atoms with Crippen molar-refractivity contribution >= 4 is 5.78 Å². The van der Waals surface area contributed by atoms with Crippen molar-refractivity contribution in [2.75, 3.05) is 0 Å². The zero-order valence-electron chi connectivity index (χ0n) is 10.5. The van der Waals surface area contributed by atoms with Crippen LogP contribution in [0.2, 0.25) is 0 Å². The number of aliphatic hydroxyl groups excluding tert-OH is 1. The molecule has 1 unspecified atom stereocenters. The molecule has 0 heterocycles. The number of Topliss-reactive ketones (excluding diaryl/α,β-unsaturated/α-hetero) is 1. The maximum Gasteiger partial charge on any atom is 0.191 e. The van der Waals surface area contributed by atoms with Gasteiger partial charge in [-0.3, -0.25) is 4.79 Å². The van der Waals surface area contributed by atoms with Gasteiger partial charge in [-0.2, -0.15) is 0 Å². The van der Waals surface area contributed by atoms with Crippen LogP contribution >= 0.6 is 0 Å². The Bertz CT molecular complexity index is 397. The molecule has 0 radical (unpaired) electrons. The molecule has 0 aliphatic heterocycles. The van der Waals surface area contributed by atoms with E-state index in [0.29, 0.717) is 5.56 Å². The van der Waals surface area contributed by atoms with Gasteiger partial charge in [-0.25, -0.2) is 4.39 Å². The van der Waals surface area contributed by atoms with Gasteiger partial charge in [0, 0.05) is 5.56 Å². The summed E-state index contributed by atoms with van der Waals surface area (Å²) in [6, 6.07) is 4.32. The van der Waals surface area contributed by atoms with E-state index in [1.54, 1.807) is 19.1 Å². The van der Waals surface area contributed by atoms with Gasteiger partial charge in [0.2, 0.25) is 0 Å². The number of aliphatic hydroxyl groups is 1. The van der Waals surface area contributed by atoms with Crippen LogP contribution in [0.15, 0.2) is 18.2 Å². The third kappa shape index (κ3) is 3.13. The summed E-state index contributed by atoms with van der Waals surface area (Å²) < 4.78 is 13.3. The molecule has 1 aromatic rings. The average molecular weight is 238 g/mol. The molecular weight excluding hydrogens is 219 g/mol. The van der Waals surface area contributed by atoms with E-state index in [9.17, 15) is 14.3 Å². The van der Waals surface area contributed by atoms with Crippen molar-refractivity contribution in [2.24, 2.45) is 5.92 Å². The van der Waals surface area contributed by atoms with Crippen LogP contribution in [0.1, 0.15) is 42.6 Å². The highest BCUT2D eigenvalue weighted by molar-refractivity contribution is 5.99. The van der Waals surface area contributed by atoms with E-state index in [-0.39, 0.29) is 11.5 Å². The van der Waals surface area contributed by atoms with E-state index >= 15 is 0 Å². The van der Waals surface area contributed by atoms with Gasteiger partial charge in [-0.1, -0.05) is 38.8 Å². The van der Waals surface area contributed by atoms with E-state index in [1.165, 1.54) is 6.07 Å². The molecule has 3 heteroatoms. The van der Waals surface area contributed by atoms with Crippen LogP contribution < -0.4 is 0 Å². The van der Waals surface area contributed by atoms with Crippen LogP contribution in [0.4, 0.5) is 4.39 Å². The van der Waals surface area contributed by atoms with Gasteiger partial charge in [-0.15, -0.1) is 0 Å². The number of halogens is 1. The molecule has 0 aliphatic rings. The zero-order valence-corrected chi connectivity index (χ0v) is 10.5. The second-order valence-electron chi connectivity index (χ2n) is 4.35. The molecule has 1 aromatic carbocycles. The number of rotatable bonds is 5. The maximum atomic E-state index is 13.3. The minimum absolute atomic E-state index is 0.0631. The fraction of sp³-hybridized carbons (Fsp3) is 0.500. The molecule has 0 aliphatic carbocycles. The summed E-state index contributed by atoms with van der Waals surface area (Å²) in [5, 5.41) is 9.92. The second kappa shape index (κ2) is 5.92. The van der Waals surface area contributed by atoms with Gasteiger partial charge in [0.15, 0.2) is 5.78 Å². The van der Waals surface area contributed by atoms with Crippen molar-refractivity contribution in [1.29, 1.82) is 0 Å². The Hall–Kier alpha value is -1.22. The summed E-state index contributed by atoms with van der Waals surface area (Å²) in [5.41, 5.74) is 0.742. The number of carbonyl (C=O) groups is 1. The number of hydrogen-bond donors (Lipinski definition) is 1. The highest BCUT2D eigenvalue weighted by atomic mass is 19.1. The Morgan fingerprint density at radius 3 is 2.41 bits per heavy atom. The van der Waals surface area contributed by atoms with Crippen molar-refractivity contribution in [3.05, 3.63) is 35.1 Å². The average Bonchev–Trinajstić information content (AvgIpc) is 2.33. The number of aryl methyl sites for hydroxylation is 1. The van der Waals surface area contributed by atoms with Crippen LogP contribution in [0, 0.1) is 18.7 Å². The topological polar surface area (TPSA) is 37.3 Å². The summed E-state index contributed by atoms with van der Waals surface area (Å²) in [6.45, 7) is 5.50. The smallest absolute Gasteiger partial charge is 0.191 e. The van der Waals surface area contributed by atoms with Crippen molar-refractivity contribution in [2.45, 2.75) is 39.7 Å². The van der Waals surface area contributed by atoms with Gasteiger partial charge in [-0.05, 0) is 24.5 Å². The Morgan fingerprint density at radius 1 is 1.35 bits per heavy atom. The molecule has 0 saturated carbocycles. The first-order chi connectivity index (χ1) is 8.01. The molecule has 0 fully saturated rings. The SMILES string of the molecule is CCC(CC)C(O)C(=O)c1ccc(C)c(F)c1. The van der Waals surface area contributed by atoms with Crippen molar-refractivity contribution in [3.8, 4) is 0 Å². The number of ketones is 1. The lowest BCUT2D eigenvalue weighted by atomic mass is 9.90. The maximum absolute atomic E-state index is 13.3. The molecule has 94 valence electrons. The minimum Gasteiger partial charge on any atom is -0.385 e. The number of hydrogen-bond acceptors (Lipinski definition) is 2. The van der Waals surface area contributed by atoms with Crippen LogP contribution in [0.25, 0.3) is 0 Å². The van der Waals surface area contributed by atoms with Crippen LogP contribution in [0.5, 0.6) is 0 Å². The van der Waals surface area contributed by atoms with Gasteiger partial charge in [0.1, 0.15) is 11.9 Å². The Morgan fingerprint density at radius 2 is 1.94 bits per heavy atom. The normalized spacial score (nSPS) is 12.8. The first-order valence-corrected chi connectivity index (χ1v) is 5.99. The molecule has 0 amide bonds. The molecule has 0 bridgehead atoms. The zero-order chi connectivity index (χ0) is 13.0. The number of benzene rings is 1. The molecule has 0 saturated heterocycles. The summed E-state index contributed by atoms with van der Waals surface area (Å²) in [6.07, 6.45) is 0.433. The summed E-state index contributed by atoms with van der Waals surface area (Å²) >= 11 is 0. The lowest BCUT2D eigenvalue weighted by Gasteiger charge is -2.18. The largest absolute Gasteiger partial charge is 0.385 e. The summed E-state index contributed by atoms with van der Waals surface area (Å²) in [7, 11) is 0. The molecule has 2 nitrogen and oxygen atoms in total. The molecule has 1 N–H and O–H groups in total. The fourth-order valence-electron chi connectivity index (χ4n) is 1.87. The monoisotopic (exact) mass is 238 g/mol. The molecular formula is C14H19FO2. The van der Waals surface area contributed by atoms with Crippen LogP contribution in [-0.2, 0) is 0 Å². The molecule has 17 heavy (non-hydrogen) atoms. The van der Waals surface area contributed by atoms with E-state index in [1.807, 2.05) is 13.8 Å². The standard InChI is InChI=1S/C14H19FO2/c1-4-10(5-2)13(16)14(17)11-7-6-9(3)12(15)8-11/h6-8,10,13,16H,4-5H2,1-3H3. The van der Waals surface area contributed by atoms with E-state index in [4.69, 9.17) is 0 Å². The van der Waals surface area contributed by atoms with E-state index in [2.05, 4.69) is 0 Å². The van der Waals surface area contributed by atoms with Crippen molar-refractivity contribution in [1.82, 2.24) is 0 Å². The van der Waals surface area contributed by atoms with Crippen LogP contribution in [0.3, 0.4) is 0 Å². The van der Waals surface area contributed by atoms with Gasteiger partial charge in [0.25, 0.3) is 0 Å². The molecule has 1 atom stereocenters. The van der Waals surface area contributed by atoms with Gasteiger partial charge in [0.05, 0.1) is 0 Å². The first kappa shape index (κ1) is 13.8. The van der Waals surface area contributed by atoms with Gasteiger partial charge < -0.3 is 5.11 Å².